The molecule has 1 aromatic rings. The summed E-state index contributed by atoms with van der Waals surface area (Å²) in [6, 6.07) is 2.49. The molecular weight excluding hydrogens is 356 g/mol. The van der Waals surface area contributed by atoms with Crippen molar-refractivity contribution in [3.05, 3.63) is 58.0 Å². The molecule has 138 valence electrons. The second-order valence-electron chi connectivity index (χ2n) is 5.15. The molecule has 2 N–H and O–H groups in total. The summed E-state index contributed by atoms with van der Waals surface area (Å²) in [7, 11) is 0. The SMILES string of the molecule is C/C=C/C=C/C(=O)OCC1=C(C(=O)OCC)[C@@H](c2cccs2)NC(=O)N1. The number of amides is 2. The van der Waals surface area contributed by atoms with E-state index in [0.29, 0.717) is 0 Å². The van der Waals surface area contributed by atoms with Crippen LogP contribution >= 0.6 is 11.3 Å². The Morgan fingerprint density at radius 3 is 2.77 bits per heavy atom. The highest BCUT2D eigenvalue weighted by molar-refractivity contribution is 7.10. The summed E-state index contributed by atoms with van der Waals surface area (Å²) in [4.78, 5) is 37.0. The summed E-state index contributed by atoms with van der Waals surface area (Å²) in [5.41, 5.74) is 0.428. The average Bonchev–Trinajstić information content (AvgIpc) is 3.14. The minimum Gasteiger partial charge on any atom is -0.463 e. The number of hydrogen-bond donors (Lipinski definition) is 2. The van der Waals surface area contributed by atoms with Crippen molar-refractivity contribution in [2.24, 2.45) is 0 Å². The van der Waals surface area contributed by atoms with E-state index in [9.17, 15) is 14.4 Å². The molecular formula is C18H20N2O5S. The number of esters is 2. The van der Waals surface area contributed by atoms with E-state index in [0.717, 1.165) is 4.88 Å². The third-order valence-corrected chi connectivity index (χ3v) is 4.31. The third-order valence-electron chi connectivity index (χ3n) is 3.37. The molecule has 0 radical (unpaired) electrons. The van der Waals surface area contributed by atoms with Gasteiger partial charge < -0.3 is 20.1 Å². The van der Waals surface area contributed by atoms with Crippen LogP contribution in [0.3, 0.4) is 0 Å². The zero-order chi connectivity index (χ0) is 18.9. The first-order valence-electron chi connectivity index (χ1n) is 8.04. The van der Waals surface area contributed by atoms with Crippen molar-refractivity contribution in [1.82, 2.24) is 10.6 Å². The van der Waals surface area contributed by atoms with Crippen molar-refractivity contribution >= 4 is 29.3 Å². The molecule has 7 nitrogen and oxygen atoms in total. The quantitative estimate of drug-likeness (QED) is 0.433. The highest BCUT2D eigenvalue weighted by atomic mass is 32.1. The molecule has 8 heteroatoms. The van der Waals surface area contributed by atoms with Crippen molar-refractivity contribution in [3.8, 4) is 0 Å². The lowest BCUT2D eigenvalue weighted by Gasteiger charge is -2.28. The normalized spacial score (nSPS) is 17.3. The van der Waals surface area contributed by atoms with Crippen LogP contribution in [0.15, 0.2) is 53.1 Å². The molecule has 1 aromatic heterocycles. The van der Waals surface area contributed by atoms with Crippen LogP contribution in [0.5, 0.6) is 0 Å². The van der Waals surface area contributed by atoms with Gasteiger partial charge in [0.15, 0.2) is 0 Å². The van der Waals surface area contributed by atoms with Crippen molar-refractivity contribution in [3.63, 3.8) is 0 Å². The largest absolute Gasteiger partial charge is 0.463 e. The second kappa shape index (κ2) is 9.57. The molecule has 2 amide bonds. The van der Waals surface area contributed by atoms with Gasteiger partial charge in [-0.05, 0) is 25.3 Å². The van der Waals surface area contributed by atoms with Crippen LogP contribution in [0.4, 0.5) is 4.79 Å². The number of nitrogens with one attached hydrogen (secondary N) is 2. The molecule has 0 bridgehead atoms. The van der Waals surface area contributed by atoms with E-state index >= 15 is 0 Å². The zero-order valence-electron chi connectivity index (χ0n) is 14.5. The summed E-state index contributed by atoms with van der Waals surface area (Å²) < 4.78 is 10.3. The van der Waals surface area contributed by atoms with Crippen LogP contribution in [0.1, 0.15) is 24.8 Å². The molecule has 26 heavy (non-hydrogen) atoms. The molecule has 0 aliphatic carbocycles. The first-order chi connectivity index (χ1) is 12.6. The molecule has 0 saturated carbocycles. The van der Waals surface area contributed by atoms with Crippen molar-refractivity contribution < 1.29 is 23.9 Å². The minimum absolute atomic E-state index is 0.187. The fourth-order valence-corrected chi connectivity index (χ4v) is 3.07. The summed E-state index contributed by atoms with van der Waals surface area (Å²) >= 11 is 1.40. The number of carbonyl (C=O) groups excluding carboxylic acids is 3. The summed E-state index contributed by atoms with van der Waals surface area (Å²) in [5, 5.41) is 7.09. The molecule has 2 heterocycles. The average molecular weight is 376 g/mol. The predicted molar refractivity (Wildman–Crippen MR) is 97.3 cm³/mol. The van der Waals surface area contributed by atoms with E-state index in [2.05, 4.69) is 10.6 Å². The standard InChI is InChI=1S/C18H20N2O5S/c1-3-5-6-9-14(21)25-11-12-15(17(22)24-4-2)16(20-18(23)19-12)13-8-7-10-26-13/h3,5-10,16H,4,11H2,1-2H3,(H2,19,20,23)/b5-3+,9-6+/t16-/m1/s1. The molecule has 2 rings (SSSR count). The van der Waals surface area contributed by atoms with Crippen LogP contribution in [0.25, 0.3) is 0 Å². The van der Waals surface area contributed by atoms with Crippen molar-refractivity contribution in [2.75, 3.05) is 13.2 Å². The van der Waals surface area contributed by atoms with Gasteiger partial charge in [-0.25, -0.2) is 14.4 Å². The van der Waals surface area contributed by atoms with E-state index in [1.54, 1.807) is 25.2 Å². The number of rotatable bonds is 7. The summed E-state index contributed by atoms with van der Waals surface area (Å²) in [5.74, 6) is -1.16. The molecule has 1 aliphatic heterocycles. The lowest BCUT2D eigenvalue weighted by Crippen LogP contribution is -2.46. The molecule has 0 spiro atoms. The molecule has 0 fully saturated rings. The smallest absolute Gasteiger partial charge is 0.338 e. The highest BCUT2D eigenvalue weighted by Gasteiger charge is 2.34. The summed E-state index contributed by atoms with van der Waals surface area (Å²) in [6.45, 7) is 3.45. The number of carbonyl (C=O) groups is 3. The van der Waals surface area contributed by atoms with E-state index < -0.39 is 24.0 Å². The molecule has 0 aromatic carbocycles. The minimum atomic E-state index is -0.657. The van der Waals surface area contributed by atoms with E-state index in [4.69, 9.17) is 9.47 Å². The summed E-state index contributed by atoms with van der Waals surface area (Å²) in [6.07, 6.45) is 6.25. The second-order valence-corrected chi connectivity index (χ2v) is 6.13. The fraction of sp³-hybridized carbons (Fsp3) is 0.278. The first kappa shape index (κ1) is 19.5. The fourth-order valence-electron chi connectivity index (χ4n) is 2.29. The van der Waals surface area contributed by atoms with Gasteiger partial charge in [0.1, 0.15) is 6.61 Å². The van der Waals surface area contributed by atoms with Gasteiger partial charge in [-0.2, -0.15) is 0 Å². The Balaban J connectivity index is 2.28. The van der Waals surface area contributed by atoms with E-state index in [1.165, 1.54) is 17.4 Å². The highest BCUT2D eigenvalue weighted by Crippen LogP contribution is 2.30. The van der Waals surface area contributed by atoms with Crippen LogP contribution in [0, 0.1) is 0 Å². The van der Waals surface area contributed by atoms with Gasteiger partial charge in [-0.3, -0.25) is 0 Å². The van der Waals surface area contributed by atoms with Gasteiger partial charge in [0.05, 0.1) is 23.9 Å². The maximum atomic E-state index is 12.4. The topological polar surface area (TPSA) is 93.7 Å². The maximum absolute atomic E-state index is 12.4. The first-order valence-corrected chi connectivity index (χ1v) is 8.92. The number of urea groups is 1. The Morgan fingerprint density at radius 2 is 2.12 bits per heavy atom. The Labute approximate surface area is 155 Å². The predicted octanol–water partition coefficient (Wildman–Crippen LogP) is 2.59. The molecule has 1 atom stereocenters. The van der Waals surface area contributed by atoms with Crippen molar-refractivity contribution in [1.29, 1.82) is 0 Å². The van der Waals surface area contributed by atoms with Crippen LogP contribution in [-0.2, 0) is 19.1 Å². The van der Waals surface area contributed by atoms with Gasteiger partial charge in [0.25, 0.3) is 0 Å². The van der Waals surface area contributed by atoms with Gasteiger partial charge >= 0.3 is 18.0 Å². The van der Waals surface area contributed by atoms with Crippen LogP contribution < -0.4 is 10.6 Å². The Kier molecular flexibility index (Phi) is 7.16. The monoisotopic (exact) mass is 376 g/mol. The Morgan fingerprint density at radius 1 is 1.31 bits per heavy atom. The van der Waals surface area contributed by atoms with Gasteiger partial charge in [-0.1, -0.05) is 24.3 Å². The van der Waals surface area contributed by atoms with Gasteiger partial charge in [0.2, 0.25) is 0 Å². The maximum Gasteiger partial charge on any atom is 0.338 e. The number of ether oxygens (including phenoxy) is 2. The zero-order valence-corrected chi connectivity index (χ0v) is 15.3. The lowest BCUT2D eigenvalue weighted by molar-refractivity contribution is -0.140. The van der Waals surface area contributed by atoms with Crippen molar-refractivity contribution in [2.45, 2.75) is 19.9 Å². The van der Waals surface area contributed by atoms with E-state index in [1.807, 2.05) is 24.4 Å². The number of thiophene rings is 1. The van der Waals surface area contributed by atoms with Gasteiger partial charge in [-0.15, -0.1) is 11.3 Å². The lowest BCUT2D eigenvalue weighted by atomic mass is 10.0. The van der Waals surface area contributed by atoms with Crippen LogP contribution in [0.2, 0.25) is 0 Å². The third kappa shape index (κ3) is 5.06. The number of hydrogen-bond acceptors (Lipinski definition) is 6. The Bertz CT molecular complexity index is 750. The van der Waals surface area contributed by atoms with Crippen LogP contribution in [-0.4, -0.2) is 31.2 Å². The molecule has 0 saturated heterocycles. The molecule has 1 aliphatic rings. The van der Waals surface area contributed by atoms with E-state index in [-0.39, 0.29) is 24.5 Å². The Hall–Kier alpha value is -2.87. The van der Waals surface area contributed by atoms with Gasteiger partial charge in [0, 0.05) is 11.0 Å². The number of allylic oxidation sites excluding steroid dienone is 3. The molecule has 0 unspecified atom stereocenters.